The highest BCUT2D eigenvalue weighted by Gasteiger charge is 2.14. The van der Waals surface area contributed by atoms with Gasteiger partial charge in [-0.3, -0.25) is 0 Å². The Morgan fingerprint density at radius 2 is 2.00 bits per heavy atom. The van der Waals surface area contributed by atoms with Crippen LogP contribution in [0.3, 0.4) is 0 Å². The van der Waals surface area contributed by atoms with Crippen molar-refractivity contribution in [1.29, 1.82) is 0 Å². The van der Waals surface area contributed by atoms with Crippen molar-refractivity contribution in [2.45, 2.75) is 44.8 Å². The third kappa shape index (κ3) is 3.27. The van der Waals surface area contributed by atoms with Crippen molar-refractivity contribution in [2.24, 2.45) is 0 Å². The standard InChI is InChI=1S/C17H22N2O2/c1-20-15-8-7-12-9-13(17(18)19-16(12)10-15)11-21-14-5-3-2-4-6-14/h7-10,14H,2-6,11H2,1H3,(H2,18,19). The zero-order chi connectivity index (χ0) is 14.7. The van der Waals surface area contributed by atoms with E-state index in [0.717, 1.165) is 35.1 Å². The fourth-order valence-electron chi connectivity index (χ4n) is 2.89. The van der Waals surface area contributed by atoms with E-state index in [2.05, 4.69) is 11.1 Å². The van der Waals surface area contributed by atoms with Crippen molar-refractivity contribution in [3.63, 3.8) is 0 Å². The third-order valence-electron chi connectivity index (χ3n) is 4.16. The van der Waals surface area contributed by atoms with Crippen molar-refractivity contribution in [2.75, 3.05) is 12.8 Å². The largest absolute Gasteiger partial charge is 0.497 e. The molecule has 0 radical (unpaired) electrons. The van der Waals surface area contributed by atoms with E-state index in [1.165, 1.54) is 19.3 Å². The van der Waals surface area contributed by atoms with Gasteiger partial charge in [-0.25, -0.2) is 4.98 Å². The number of aromatic nitrogens is 1. The Labute approximate surface area is 125 Å². The fraction of sp³-hybridized carbons (Fsp3) is 0.471. The van der Waals surface area contributed by atoms with Crippen LogP contribution in [-0.2, 0) is 11.3 Å². The highest BCUT2D eigenvalue weighted by Crippen LogP contribution is 2.25. The summed E-state index contributed by atoms with van der Waals surface area (Å²) in [6.45, 7) is 0.547. The van der Waals surface area contributed by atoms with Crippen LogP contribution in [0.2, 0.25) is 0 Å². The van der Waals surface area contributed by atoms with E-state index >= 15 is 0 Å². The molecule has 2 aromatic rings. The van der Waals surface area contributed by atoms with E-state index in [0.29, 0.717) is 18.5 Å². The van der Waals surface area contributed by atoms with Crippen LogP contribution in [0.5, 0.6) is 5.75 Å². The van der Waals surface area contributed by atoms with Gasteiger partial charge < -0.3 is 15.2 Å². The van der Waals surface area contributed by atoms with Crippen molar-refractivity contribution in [1.82, 2.24) is 4.98 Å². The molecule has 1 fully saturated rings. The van der Waals surface area contributed by atoms with Crippen LogP contribution in [0.15, 0.2) is 24.3 Å². The molecule has 0 atom stereocenters. The van der Waals surface area contributed by atoms with Crippen LogP contribution in [0.4, 0.5) is 5.82 Å². The number of nitrogens with zero attached hydrogens (tertiary/aromatic N) is 1. The molecule has 0 bridgehead atoms. The molecule has 1 heterocycles. The summed E-state index contributed by atoms with van der Waals surface area (Å²) in [5.74, 6) is 1.34. The molecule has 0 aliphatic heterocycles. The summed E-state index contributed by atoms with van der Waals surface area (Å²) < 4.78 is 11.2. The minimum atomic E-state index is 0.379. The molecule has 1 aromatic carbocycles. The summed E-state index contributed by atoms with van der Waals surface area (Å²) in [6.07, 6.45) is 6.59. The SMILES string of the molecule is COc1ccc2cc(COC3CCCCC3)c(N)nc2c1. The molecule has 0 saturated heterocycles. The van der Waals surface area contributed by atoms with Crippen LogP contribution in [0.25, 0.3) is 10.9 Å². The number of anilines is 1. The molecular weight excluding hydrogens is 264 g/mol. The normalized spacial score (nSPS) is 16.2. The van der Waals surface area contributed by atoms with Crippen molar-refractivity contribution in [3.8, 4) is 5.75 Å². The first kappa shape index (κ1) is 14.1. The molecule has 0 unspecified atom stereocenters. The van der Waals surface area contributed by atoms with Crippen molar-refractivity contribution < 1.29 is 9.47 Å². The van der Waals surface area contributed by atoms with Gasteiger partial charge in [0.05, 0.1) is 25.3 Å². The Bertz CT molecular complexity index is 621. The lowest BCUT2D eigenvalue weighted by atomic mass is 9.98. The van der Waals surface area contributed by atoms with Crippen molar-refractivity contribution >= 4 is 16.7 Å². The van der Waals surface area contributed by atoms with Gasteiger partial charge in [-0.05, 0) is 31.0 Å². The Morgan fingerprint density at radius 3 is 2.76 bits per heavy atom. The van der Waals surface area contributed by atoms with Gasteiger partial charge in [-0.15, -0.1) is 0 Å². The zero-order valence-corrected chi connectivity index (χ0v) is 12.5. The maximum Gasteiger partial charge on any atom is 0.129 e. The maximum atomic E-state index is 6.06. The van der Waals surface area contributed by atoms with Crippen LogP contribution in [-0.4, -0.2) is 18.2 Å². The number of pyridine rings is 1. The molecule has 1 aliphatic rings. The first-order chi connectivity index (χ1) is 10.3. The number of nitrogens with two attached hydrogens (primary N) is 1. The molecule has 1 saturated carbocycles. The lowest BCUT2D eigenvalue weighted by Crippen LogP contribution is -2.16. The Morgan fingerprint density at radius 1 is 1.19 bits per heavy atom. The number of ether oxygens (including phenoxy) is 2. The number of rotatable bonds is 4. The summed E-state index contributed by atoms with van der Waals surface area (Å²) in [5.41, 5.74) is 7.89. The van der Waals surface area contributed by atoms with Gasteiger partial charge in [-0.2, -0.15) is 0 Å². The first-order valence-corrected chi connectivity index (χ1v) is 7.61. The van der Waals surface area contributed by atoms with E-state index in [-0.39, 0.29) is 0 Å². The molecule has 1 aliphatic carbocycles. The number of methoxy groups -OCH3 is 1. The van der Waals surface area contributed by atoms with Crippen LogP contribution in [0, 0.1) is 0 Å². The predicted octanol–water partition coefficient (Wildman–Crippen LogP) is 3.67. The van der Waals surface area contributed by atoms with E-state index in [4.69, 9.17) is 15.2 Å². The van der Waals surface area contributed by atoms with Gasteiger partial charge in [0, 0.05) is 17.0 Å². The summed E-state index contributed by atoms with van der Waals surface area (Å²) in [5, 5.41) is 1.06. The quantitative estimate of drug-likeness (QED) is 0.931. The molecule has 1 aromatic heterocycles. The first-order valence-electron chi connectivity index (χ1n) is 7.61. The number of nitrogen functional groups attached to an aromatic ring is 1. The van der Waals surface area contributed by atoms with E-state index in [1.807, 2.05) is 18.2 Å². The minimum absolute atomic E-state index is 0.379. The summed E-state index contributed by atoms with van der Waals surface area (Å²) in [7, 11) is 1.65. The zero-order valence-electron chi connectivity index (χ0n) is 12.5. The summed E-state index contributed by atoms with van der Waals surface area (Å²) >= 11 is 0. The van der Waals surface area contributed by atoms with Gasteiger partial charge in [-0.1, -0.05) is 19.3 Å². The number of benzene rings is 1. The van der Waals surface area contributed by atoms with Gasteiger partial charge in [0.2, 0.25) is 0 Å². The average molecular weight is 286 g/mol. The number of fused-ring (bicyclic) bond motifs is 1. The second kappa shape index (κ2) is 6.31. The lowest BCUT2D eigenvalue weighted by molar-refractivity contribution is 0.0171. The maximum absolute atomic E-state index is 6.06. The summed E-state index contributed by atoms with van der Waals surface area (Å²) in [6, 6.07) is 7.91. The topological polar surface area (TPSA) is 57.4 Å². The second-order valence-electron chi connectivity index (χ2n) is 5.66. The van der Waals surface area contributed by atoms with Gasteiger partial charge in [0.25, 0.3) is 0 Å². The predicted molar refractivity (Wildman–Crippen MR) is 84.4 cm³/mol. The Balaban J connectivity index is 1.77. The molecule has 21 heavy (non-hydrogen) atoms. The van der Waals surface area contributed by atoms with E-state index in [9.17, 15) is 0 Å². The van der Waals surface area contributed by atoms with Gasteiger partial charge >= 0.3 is 0 Å². The smallest absolute Gasteiger partial charge is 0.129 e. The molecule has 112 valence electrons. The highest BCUT2D eigenvalue weighted by molar-refractivity contribution is 5.82. The molecule has 4 heteroatoms. The van der Waals surface area contributed by atoms with Crippen molar-refractivity contribution in [3.05, 3.63) is 29.8 Å². The fourth-order valence-corrected chi connectivity index (χ4v) is 2.89. The number of hydrogen-bond donors (Lipinski definition) is 1. The highest BCUT2D eigenvalue weighted by atomic mass is 16.5. The minimum Gasteiger partial charge on any atom is -0.497 e. The molecule has 4 nitrogen and oxygen atoms in total. The Hall–Kier alpha value is -1.81. The molecule has 3 rings (SSSR count). The Kier molecular flexibility index (Phi) is 4.25. The average Bonchev–Trinajstić information content (AvgIpc) is 2.53. The lowest BCUT2D eigenvalue weighted by Gasteiger charge is -2.22. The molecule has 2 N–H and O–H groups in total. The number of hydrogen-bond acceptors (Lipinski definition) is 4. The monoisotopic (exact) mass is 286 g/mol. The van der Waals surface area contributed by atoms with Crippen LogP contribution in [0.1, 0.15) is 37.7 Å². The van der Waals surface area contributed by atoms with Crippen LogP contribution < -0.4 is 10.5 Å². The molecule has 0 spiro atoms. The van der Waals surface area contributed by atoms with E-state index < -0.39 is 0 Å². The van der Waals surface area contributed by atoms with Gasteiger partial charge in [0.15, 0.2) is 0 Å². The van der Waals surface area contributed by atoms with Crippen LogP contribution >= 0.6 is 0 Å². The van der Waals surface area contributed by atoms with E-state index in [1.54, 1.807) is 7.11 Å². The molecule has 0 amide bonds. The third-order valence-corrected chi connectivity index (χ3v) is 4.16. The summed E-state index contributed by atoms with van der Waals surface area (Å²) in [4.78, 5) is 4.47. The second-order valence-corrected chi connectivity index (χ2v) is 5.66. The van der Waals surface area contributed by atoms with Gasteiger partial charge in [0.1, 0.15) is 11.6 Å². The molecular formula is C17H22N2O2.